The van der Waals surface area contributed by atoms with Crippen LogP contribution in [0, 0.1) is 0 Å². The van der Waals surface area contributed by atoms with Crippen molar-refractivity contribution in [1.82, 2.24) is 29.6 Å². The topological polar surface area (TPSA) is 98.1 Å². The quantitative estimate of drug-likeness (QED) is 0.380. The van der Waals surface area contributed by atoms with Gasteiger partial charge in [-0.1, -0.05) is 6.07 Å². The lowest BCUT2D eigenvalue weighted by molar-refractivity contribution is -0.135. The Morgan fingerprint density at radius 2 is 2.09 bits per heavy atom. The van der Waals surface area contributed by atoms with E-state index in [1.807, 2.05) is 52.7 Å². The van der Waals surface area contributed by atoms with Gasteiger partial charge >= 0.3 is 0 Å². The summed E-state index contributed by atoms with van der Waals surface area (Å²) in [6.45, 7) is 2.37. The van der Waals surface area contributed by atoms with E-state index in [9.17, 15) is 4.79 Å². The van der Waals surface area contributed by atoms with Crippen LogP contribution in [-0.2, 0) is 11.3 Å². The van der Waals surface area contributed by atoms with Crippen molar-refractivity contribution in [1.29, 1.82) is 0 Å². The molecular weight excluding hydrogens is 450 g/mol. The maximum absolute atomic E-state index is 12.3. The zero-order valence-corrected chi connectivity index (χ0v) is 19.8. The van der Waals surface area contributed by atoms with Crippen molar-refractivity contribution < 1.29 is 9.53 Å². The van der Waals surface area contributed by atoms with E-state index in [-0.39, 0.29) is 5.91 Å². The monoisotopic (exact) mass is 473 g/mol. The molecule has 1 N–H and O–H groups in total. The Morgan fingerprint density at radius 1 is 1.21 bits per heavy atom. The second-order valence-corrected chi connectivity index (χ2v) is 8.97. The molecule has 1 unspecified atom stereocenters. The molecule has 0 aliphatic heterocycles. The van der Waals surface area contributed by atoms with Gasteiger partial charge in [-0.05, 0) is 37.3 Å². The van der Waals surface area contributed by atoms with Crippen LogP contribution in [0.4, 0.5) is 11.5 Å². The number of hydrogen-bond donors (Lipinski definition) is 1. The van der Waals surface area contributed by atoms with Crippen LogP contribution in [0.3, 0.4) is 0 Å². The van der Waals surface area contributed by atoms with Gasteiger partial charge in [0.05, 0.1) is 29.2 Å². The molecule has 5 rings (SSSR count). The predicted octanol–water partition coefficient (Wildman–Crippen LogP) is 4.08. The van der Waals surface area contributed by atoms with E-state index in [0.29, 0.717) is 23.5 Å². The third-order valence-electron chi connectivity index (χ3n) is 5.39. The molecule has 34 heavy (non-hydrogen) atoms. The summed E-state index contributed by atoms with van der Waals surface area (Å²) in [6, 6.07) is 11.6. The number of hydrogen-bond acceptors (Lipinski definition) is 8. The number of thiazole rings is 1. The molecule has 2 aromatic carbocycles. The molecule has 0 spiro atoms. The van der Waals surface area contributed by atoms with Crippen LogP contribution in [0.15, 0.2) is 60.5 Å². The van der Waals surface area contributed by atoms with Crippen LogP contribution in [0.1, 0.15) is 11.9 Å². The van der Waals surface area contributed by atoms with E-state index < -0.39 is 6.10 Å². The zero-order valence-electron chi connectivity index (χ0n) is 19.0. The summed E-state index contributed by atoms with van der Waals surface area (Å²) in [5.74, 6) is 1.02. The van der Waals surface area contributed by atoms with Gasteiger partial charge in [0, 0.05) is 36.7 Å². The first-order valence-corrected chi connectivity index (χ1v) is 11.6. The molecule has 0 saturated carbocycles. The third kappa shape index (κ3) is 4.27. The number of anilines is 2. The van der Waals surface area contributed by atoms with Crippen LogP contribution in [0.2, 0.25) is 0 Å². The van der Waals surface area contributed by atoms with Gasteiger partial charge in [0.2, 0.25) is 0 Å². The molecule has 3 aromatic heterocycles. The standard InChI is InChI=1S/C24H23N7O2S/c1-15(24(32)30(2)3)33-20-6-4-5-18-22(20)23(27-14-26-18)29-17-7-8-19-16(11-17)12-28-31(19)13-21-25-9-10-34-21/h4-12,14-15H,13H2,1-3H3,(H,26,27,29). The van der Waals surface area contributed by atoms with Gasteiger partial charge in [0.1, 0.15) is 22.9 Å². The number of carbonyl (C=O) groups excluding carboxylic acids is 1. The number of ether oxygens (including phenoxy) is 1. The number of carbonyl (C=O) groups is 1. The van der Waals surface area contributed by atoms with E-state index in [2.05, 4.69) is 25.4 Å². The highest BCUT2D eigenvalue weighted by atomic mass is 32.1. The molecule has 1 atom stereocenters. The molecular formula is C24H23N7O2S. The zero-order chi connectivity index (χ0) is 23.7. The highest BCUT2D eigenvalue weighted by Crippen LogP contribution is 2.33. The van der Waals surface area contributed by atoms with Crippen LogP contribution in [0.25, 0.3) is 21.8 Å². The van der Waals surface area contributed by atoms with Gasteiger partial charge in [-0.25, -0.2) is 15.0 Å². The number of fused-ring (bicyclic) bond motifs is 2. The Balaban J connectivity index is 1.46. The molecule has 0 radical (unpaired) electrons. The summed E-state index contributed by atoms with van der Waals surface area (Å²) in [4.78, 5) is 27.0. The highest BCUT2D eigenvalue weighted by Gasteiger charge is 2.19. The van der Waals surface area contributed by atoms with Gasteiger partial charge in [-0.3, -0.25) is 9.48 Å². The smallest absolute Gasteiger partial charge is 0.262 e. The van der Waals surface area contributed by atoms with Crippen molar-refractivity contribution >= 4 is 50.6 Å². The van der Waals surface area contributed by atoms with E-state index in [1.165, 1.54) is 11.2 Å². The minimum atomic E-state index is -0.645. The van der Waals surface area contributed by atoms with Crippen molar-refractivity contribution in [3.05, 3.63) is 65.5 Å². The van der Waals surface area contributed by atoms with Crippen molar-refractivity contribution in [2.75, 3.05) is 19.4 Å². The number of benzene rings is 2. The summed E-state index contributed by atoms with van der Waals surface area (Å²) in [7, 11) is 3.41. The maximum Gasteiger partial charge on any atom is 0.262 e. The first-order chi connectivity index (χ1) is 16.5. The predicted molar refractivity (Wildman–Crippen MR) is 133 cm³/mol. The minimum Gasteiger partial charge on any atom is -0.480 e. The van der Waals surface area contributed by atoms with Crippen molar-refractivity contribution in [3.8, 4) is 5.75 Å². The molecule has 9 nitrogen and oxygen atoms in total. The Bertz CT molecular complexity index is 1460. The Labute approximate surface area is 200 Å². The van der Waals surface area contributed by atoms with Gasteiger partial charge in [-0.2, -0.15) is 5.10 Å². The maximum atomic E-state index is 12.3. The molecule has 3 heterocycles. The number of aromatic nitrogens is 5. The lowest BCUT2D eigenvalue weighted by Gasteiger charge is -2.20. The Kier molecular flexibility index (Phi) is 5.81. The molecule has 0 aliphatic rings. The third-order valence-corrected chi connectivity index (χ3v) is 6.15. The first-order valence-electron chi connectivity index (χ1n) is 10.7. The van der Waals surface area contributed by atoms with E-state index in [4.69, 9.17) is 4.74 Å². The number of likely N-dealkylation sites (N-methyl/N-ethyl adjacent to an activating group) is 1. The Hall–Kier alpha value is -4.05. The van der Waals surface area contributed by atoms with E-state index in [0.717, 1.165) is 27.1 Å². The van der Waals surface area contributed by atoms with Crippen LogP contribution >= 0.6 is 11.3 Å². The highest BCUT2D eigenvalue weighted by molar-refractivity contribution is 7.09. The molecule has 5 aromatic rings. The van der Waals surface area contributed by atoms with Crippen LogP contribution in [0.5, 0.6) is 5.75 Å². The SMILES string of the molecule is CC(Oc1cccc2ncnc(Nc3ccc4c(cnn4Cc4nccs4)c3)c12)C(=O)N(C)C. The molecule has 10 heteroatoms. The average Bonchev–Trinajstić information content (AvgIpc) is 3.49. The lowest BCUT2D eigenvalue weighted by atomic mass is 10.2. The normalized spacial score (nSPS) is 12.1. The fraction of sp³-hybridized carbons (Fsp3) is 0.208. The number of amides is 1. The lowest BCUT2D eigenvalue weighted by Crippen LogP contribution is -2.35. The molecule has 0 aliphatic carbocycles. The second-order valence-electron chi connectivity index (χ2n) is 7.99. The number of rotatable bonds is 7. The van der Waals surface area contributed by atoms with Crippen LogP contribution in [-0.4, -0.2) is 55.7 Å². The van der Waals surface area contributed by atoms with Gasteiger partial charge < -0.3 is 15.0 Å². The summed E-state index contributed by atoms with van der Waals surface area (Å²) < 4.78 is 7.96. The Morgan fingerprint density at radius 3 is 2.88 bits per heavy atom. The summed E-state index contributed by atoms with van der Waals surface area (Å²) in [5.41, 5.74) is 2.60. The average molecular weight is 474 g/mol. The fourth-order valence-corrected chi connectivity index (χ4v) is 4.36. The van der Waals surface area contributed by atoms with Crippen LogP contribution < -0.4 is 10.1 Å². The van der Waals surface area contributed by atoms with Gasteiger partial charge in [0.25, 0.3) is 5.91 Å². The summed E-state index contributed by atoms with van der Waals surface area (Å²) in [6.07, 6.45) is 4.51. The molecule has 0 saturated heterocycles. The largest absolute Gasteiger partial charge is 0.480 e. The van der Waals surface area contributed by atoms with Gasteiger partial charge in [0.15, 0.2) is 6.10 Å². The molecule has 0 fully saturated rings. The summed E-state index contributed by atoms with van der Waals surface area (Å²) in [5, 5.41) is 12.6. The van der Waals surface area contributed by atoms with E-state index in [1.54, 1.807) is 38.6 Å². The first kappa shape index (κ1) is 21.8. The van der Waals surface area contributed by atoms with Crippen molar-refractivity contribution in [2.24, 2.45) is 0 Å². The van der Waals surface area contributed by atoms with Crippen molar-refractivity contribution in [2.45, 2.75) is 19.6 Å². The van der Waals surface area contributed by atoms with E-state index >= 15 is 0 Å². The molecule has 1 amide bonds. The number of nitrogens with zero attached hydrogens (tertiary/aromatic N) is 6. The summed E-state index contributed by atoms with van der Waals surface area (Å²) >= 11 is 1.61. The van der Waals surface area contributed by atoms with Gasteiger partial charge in [-0.15, -0.1) is 11.3 Å². The fourth-order valence-electron chi connectivity index (χ4n) is 3.76. The number of nitrogens with one attached hydrogen (secondary N) is 1. The second kappa shape index (κ2) is 9.06. The van der Waals surface area contributed by atoms with Crippen molar-refractivity contribution in [3.63, 3.8) is 0 Å². The minimum absolute atomic E-state index is 0.122. The molecule has 172 valence electrons. The molecule has 0 bridgehead atoms.